The number of quaternary nitrogens is 1. The molecule has 1 heterocycles. The number of aliphatic carboxylic acids is 1. The topological polar surface area (TPSA) is 56.7 Å². The Bertz CT molecular complexity index is 156. The van der Waals surface area contributed by atoms with Gasteiger partial charge in [-0.25, -0.2) is 0 Å². The fourth-order valence-electron chi connectivity index (χ4n) is 1.95. The molecule has 1 rings (SSSR count). The van der Waals surface area contributed by atoms with Crippen LogP contribution in [0.4, 0.5) is 0 Å². The van der Waals surface area contributed by atoms with Gasteiger partial charge in [0.05, 0.1) is 13.1 Å². The van der Waals surface area contributed by atoms with Crippen LogP contribution in [0.2, 0.25) is 0 Å². The quantitative estimate of drug-likeness (QED) is 0.684. The molecule has 102 valence electrons. The summed E-state index contributed by atoms with van der Waals surface area (Å²) in [6, 6.07) is 0. The van der Waals surface area contributed by atoms with Crippen LogP contribution in [-0.2, 0) is 4.79 Å². The minimum Gasteiger partial charge on any atom is -0.550 e. The van der Waals surface area contributed by atoms with Gasteiger partial charge in [-0.05, 0) is 32.1 Å². The van der Waals surface area contributed by atoms with E-state index in [4.69, 9.17) is 0 Å². The zero-order chi connectivity index (χ0) is 12.8. The van der Waals surface area contributed by atoms with E-state index in [-0.39, 0.29) is 6.42 Å². The van der Waals surface area contributed by atoms with Crippen molar-refractivity contribution in [2.24, 2.45) is 0 Å². The molecule has 0 amide bonds. The van der Waals surface area contributed by atoms with Crippen molar-refractivity contribution in [1.82, 2.24) is 0 Å². The van der Waals surface area contributed by atoms with Crippen molar-refractivity contribution in [3.05, 3.63) is 0 Å². The molecule has 3 heteroatoms. The molecule has 0 atom stereocenters. The molecule has 1 saturated heterocycles. The fraction of sp³-hybridized carbons (Fsp3) is 0.929. The van der Waals surface area contributed by atoms with E-state index in [1.807, 2.05) is 0 Å². The summed E-state index contributed by atoms with van der Waals surface area (Å²) >= 11 is 0. The summed E-state index contributed by atoms with van der Waals surface area (Å²) in [4.78, 5) is 9.98. The number of carbonyl (C=O) groups is 1. The Balaban J connectivity index is 0.000000354. The van der Waals surface area contributed by atoms with Gasteiger partial charge in [-0.15, -0.1) is 0 Å². The summed E-state index contributed by atoms with van der Waals surface area (Å²) in [6.07, 6.45) is 11.3. The highest BCUT2D eigenvalue weighted by molar-refractivity contribution is 5.63. The highest BCUT2D eigenvalue weighted by Gasteiger charge is 1.97. The van der Waals surface area contributed by atoms with Crippen molar-refractivity contribution in [2.45, 2.75) is 71.1 Å². The van der Waals surface area contributed by atoms with Crippen molar-refractivity contribution in [1.29, 1.82) is 0 Å². The molecule has 0 aromatic carbocycles. The van der Waals surface area contributed by atoms with E-state index in [0.717, 1.165) is 12.8 Å². The molecule has 0 spiro atoms. The summed E-state index contributed by atoms with van der Waals surface area (Å²) in [5.41, 5.74) is 0. The first-order valence-corrected chi connectivity index (χ1v) is 7.29. The van der Waals surface area contributed by atoms with E-state index in [1.54, 1.807) is 0 Å². The average Bonchev–Trinajstić information content (AvgIpc) is 2.36. The first kappa shape index (κ1) is 16.4. The second kappa shape index (κ2) is 13.5. The molecule has 0 aromatic heterocycles. The standard InChI is InChI=1S/C9H18O2.C5H11N/c1-2-3-4-5-6-7-8-9(10)11;1-2-4-6-5-3-1/h2-8H2,1H3,(H,10,11);6H,1-5H2. The van der Waals surface area contributed by atoms with Gasteiger partial charge in [0, 0.05) is 5.97 Å². The van der Waals surface area contributed by atoms with Crippen LogP contribution in [0, 0.1) is 0 Å². The number of carboxylic acid groups (broad SMARTS) is 1. The Morgan fingerprint density at radius 2 is 1.59 bits per heavy atom. The Hall–Kier alpha value is -0.570. The van der Waals surface area contributed by atoms with Gasteiger partial charge in [-0.1, -0.05) is 39.0 Å². The van der Waals surface area contributed by atoms with Gasteiger partial charge in [-0.2, -0.15) is 0 Å². The minimum atomic E-state index is -0.916. The monoisotopic (exact) mass is 243 g/mol. The Morgan fingerprint density at radius 1 is 1.00 bits per heavy atom. The van der Waals surface area contributed by atoms with Gasteiger partial charge in [0.25, 0.3) is 0 Å². The van der Waals surface area contributed by atoms with Crippen molar-refractivity contribution < 1.29 is 15.2 Å². The van der Waals surface area contributed by atoms with Gasteiger partial charge in [0.1, 0.15) is 0 Å². The van der Waals surface area contributed by atoms with Crippen LogP contribution in [-0.4, -0.2) is 19.1 Å². The van der Waals surface area contributed by atoms with Crippen LogP contribution in [0.3, 0.4) is 0 Å². The predicted molar refractivity (Wildman–Crippen MR) is 68.5 cm³/mol. The van der Waals surface area contributed by atoms with Crippen LogP contribution in [0.5, 0.6) is 0 Å². The van der Waals surface area contributed by atoms with E-state index >= 15 is 0 Å². The van der Waals surface area contributed by atoms with Crippen molar-refractivity contribution in [3.8, 4) is 0 Å². The first-order chi connectivity index (χ1) is 8.27. The number of piperidine rings is 1. The summed E-state index contributed by atoms with van der Waals surface area (Å²) in [7, 11) is 0. The molecular weight excluding hydrogens is 214 g/mol. The molecule has 2 N–H and O–H groups in total. The van der Waals surface area contributed by atoms with E-state index < -0.39 is 5.97 Å². The van der Waals surface area contributed by atoms with Gasteiger partial charge < -0.3 is 15.2 Å². The number of rotatable bonds is 7. The molecule has 3 nitrogen and oxygen atoms in total. The fourth-order valence-corrected chi connectivity index (χ4v) is 1.95. The van der Waals surface area contributed by atoms with E-state index in [9.17, 15) is 9.90 Å². The van der Waals surface area contributed by atoms with Crippen LogP contribution in [0.1, 0.15) is 71.1 Å². The smallest absolute Gasteiger partial charge is 0.0755 e. The highest BCUT2D eigenvalue weighted by atomic mass is 16.4. The van der Waals surface area contributed by atoms with Gasteiger partial charge in [-0.3, -0.25) is 0 Å². The van der Waals surface area contributed by atoms with Crippen molar-refractivity contribution in [2.75, 3.05) is 13.1 Å². The molecule has 0 aliphatic carbocycles. The van der Waals surface area contributed by atoms with Crippen molar-refractivity contribution in [3.63, 3.8) is 0 Å². The maximum atomic E-state index is 9.98. The largest absolute Gasteiger partial charge is 0.550 e. The number of nitrogens with two attached hydrogens (primary N) is 1. The lowest BCUT2D eigenvalue weighted by molar-refractivity contribution is -0.662. The van der Waals surface area contributed by atoms with Crippen LogP contribution < -0.4 is 10.4 Å². The number of hydrogen-bond donors (Lipinski definition) is 1. The SMILES string of the molecule is C1CC[NH2+]CC1.CCCCCCCCC(=O)[O-]. The van der Waals surface area contributed by atoms with Crippen LogP contribution in [0.15, 0.2) is 0 Å². The summed E-state index contributed by atoms with van der Waals surface area (Å²) in [6.45, 7) is 4.92. The lowest BCUT2D eigenvalue weighted by Crippen LogP contribution is -2.85. The third-order valence-corrected chi connectivity index (χ3v) is 3.05. The van der Waals surface area contributed by atoms with Gasteiger partial charge in [0.15, 0.2) is 0 Å². The van der Waals surface area contributed by atoms with Crippen LogP contribution in [0.25, 0.3) is 0 Å². The summed E-state index contributed by atoms with van der Waals surface area (Å²) < 4.78 is 0. The molecule has 1 fully saturated rings. The summed E-state index contributed by atoms with van der Waals surface area (Å²) in [5.74, 6) is -0.916. The predicted octanol–water partition coefficient (Wildman–Crippen LogP) is 1.22. The number of unbranched alkanes of at least 4 members (excludes halogenated alkanes) is 5. The lowest BCUT2D eigenvalue weighted by atomic mass is 10.1. The zero-order valence-electron chi connectivity index (χ0n) is 11.4. The van der Waals surface area contributed by atoms with Gasteiger partial charge in [0.2, 0.25) is 0 Å². The normalized spacial score (nSPS) is 14.9. The third kappa shape index (κ3) is 15.4. The molecule has 0 unspecified atom stereocenters. The highest BCUT2D eigenvalue weighted by Crippen LogP contribution is 2.05. The Morgan fingerprint density at radius 3 is 2.00 bits per heavy atom. The maximum absolute atomic E-state index is 9.98. The average molecular weight is 243 g/mol. The molecule has 0 saturated carbocycles. The maximum Gasteiger partial charge on any atom is 0.0755 e. The second-order valence-electron chi connectivity index (χ2n) is 4.82. The third-order valence-electron chi connectivity index (χ3n) is 3.05. The Labute approximate surface area is 106 Å². The molecule has 17 heavy (non-hydrogen) atoms. The molecule has 1 aliphatic rings. The molecule has 0 bridgehead atoms. The molecular formula is C14H29NO2. The zero-order valence-corrected chi connectivity index (χ0v) is 11.4. The molecule has 0 radical (unpaired) electrons. The van der Waals surface area contributed by atoms with Crippen LogP contribution >= 0.6 is 0 Å². The van der Waals surface area contributed by atoms with Crippen molar-refractivity contribution >= 4 is 5.97 Å². The Kier molecular flexibility index (Phi) is 13.0. The molecule has 1 aliphatic heterocycles. The minimum absolute atomic E-state index is 0.228. The summed E-state index contributed by atoms with van der Waals surface area (Å²) in [5, 5.41) is 12.4. The lowest BCUT2D eigenvalue weighted by Gasteiger charge is -2.05. The van der Waals surface area contributed by atoms with E-state index in [2.05, 4.69) is 12.2 Å². The number of hydrogen-bond acceptors (Lipinski definition) is 2. The van der Waals surface area contributed by atoms with Gasteiger partial charge >= 0.3 is 0 Å². The number of carboxylic acids is 1. The number of carbonyl (C=O) groups excluding carboxylic acids is 1. The first-order valence-electron chi connectivity index (χ1n) is 7.29. The van der Waals surface area contributed by atoms with E-state index in [1.165, 1.54) is 58.0 Å². The second-order valence-corrected chi connectivity index (χ2v) is 4.82. The van der Waals surface area contributed by atoms with E-state index in [0.29, 0.717) is 0 Å². The molecule has 0 aromatic rings.